The Morgan fingerprint density at radius 2 is 2.23 bits per heavy atom. The van der Waals surface area contributed by atoms with Crippen LogP contribution in [0, 0.1) is 5.92 Å². The van der Waals surface area contributed by atoms with Gasteiger partial charge in [0.15, 0.2) is 0 Å². The molecule has 0 amide bonds. The van der Waals surface area contributed by atoms with Crippen LogP contribution in [0.25, 0.3) is 0 Å². The average Bonchev–Trinajstić information content (AvgIpc) is 2.03. The standard InChI is InChI=1S/C10H19NOS/c1-5-7-11(8-9(3)4)10(13)12-6-2/h5,9H,1,6-8H2,2-4H3. The molecule has 3 heteroatoms. The molecule has 0 unspecified atom stereocenters. The monoisotopic (exact) mass is 201 g/mol. The fraction of sp³-hybridized carbons (Fsp3) is 0.700. The highest BCUT2D eigenvalue weighted by atomic mass is 32.1. The van der Waals surface area contributed by atoms with Gasteiger partial charge in [-0.15, -0.1) is 6.58 Å². The molecule has 0 saturated heterocycles. The van der Waals surface area contributed by atoms with E-state index in [1.54, 1.807) is 0 Å². The Morgan fingerprint density at radius 3 is 2.62 bits per heavy atom. The molecule has 0 aliphatic rings. The molecule has 0 spiro atoms. The lowest BCUT2D eigenvalue weighted by molar-refractivity contribution is 0.252. The average molecular weight is 201 g/mol. The molecule has 0 rings (SSSR count). The highest BCUT2D eigenvalue weighted by Gasteiger charge is 2.09. The summed E-state index contributed by atoms with van der Waals surface area (Å²) >= 11 is 5.11. The largest absolute Gasteiger partial charge is 0.471 e. The van der Waals surface area contributed by atoms with Crippen molar-refractivity contribution in [3.05, 3.63) is 12.7 Å². The summed E-state index contributed by atoms with van der Waals surface area (Å²) in [5.74, 6) is 0.582. The topological polar surface area (TPSA) is 12.5 Å². The van der Waals surface area contributed by atoms with Crippen LogP contribution in [-0.2, 0) is 4.74 Å². The summed E-state index contributed by atoms with van der Waals surface area (Å²) in [6, 6.07) is 0. The third-order valence-electron chi connectivity index (χ3n) is 1.46. The van der Waals surface area contributed by atoms with Crippen LogP contribution in [-0.4, -0.2) is 29.8 Å². The number of nitrogens with zero attached hydrogens (tertiary/aromatic N) is 1. The van der Waals surface area contributed by atoms with Crippen LogP contribution >= 0.6 is 12.2 Å². The van der Waals surface area contributed by atoms with Crippen LogP contribution in [0.5, 0.6) is 0 Å². The van der Waals surface area contributed by atoms with Crippen molar-refractivity contribution in [1.82, 2.24) is 4.90 Å². The van der Waals surface area contributed by atoms with Crippen LogP contribution in [0.1, 0.15) is 20.8 Å². The van der Waals surface area contributed by atoms with Gasteiger partial charge in [-0.1, -0.05) is 19.9 Å². The molecule has 0 N–H and O–H groups in total. The predicted octanol–water partition coefficient (Wildman–Crippen LogP) is 2.45. The number of hydrogen-bond acceptors (Lipinski definition) is 2. The first-order chi connectivity index (χ1) is 6.11. The van der Waals surface area contributed by atoms with Gasteiger partial charge in [0.05, 0.1) is 6.61 Å². The molecule has 0 aromatic rings. The highest BCUT2D eigenvalue weighted by molar-refractivity contribution is 7.80. The van der Waals surface area contributed by atoms with E-state index in [2.05, 4.69) is 20.4 Å². The van der Waals surface area contributed by atoms with Crippen molar-refractivity contribution in [2.45, 2.75) is 20.8 Å². The van der Waals surface area contributed by atoms with E-state index in [9.17, 15) is 0 Å². The molecular weight excluding hydrogens is 182 g/mol. The summed E-state index contributed by atoms with van der Waals surface area (Å²) in [4.78, 5) is 2.02. The minimum Gasteiger partial charge on any atom is -0.471 e. The number of hydrogen-bond donors (Lipinski definition) is 0. The van der Waals surface area contributed by atoms with Crippen molar-refractivity contribution in [3.8, 4) is 0 Å². The fourth-order valence-electron chi connectivity index (χ4n) is 1.03. The second-order valence-electron chi connectivity index (χ2n) is 3.29. The lowest BCUT2D eigenvalue weighted by atomic mass is 10.2. The lowest BCUT2D eigenvalue weighted by Gasteiger charge is -2.24. The molecule has 0 radical (unpaired) electrons. The number of rotatable bonds is 5. The molecule has 76 valence electrons. The molecule has 0 atom stereocenters. The van der Waals surface area contributed by atoms with Gasteiger partial charge in [0.25, 0.3) is 5.17 Å². The molecule has 0 bridgehead atoms. The summed E-state index contributed by atoms with van der Waals surface area (Å²) in [6.45, 7) is 12.3. The van der Waals surface area contributed by atoms with Gasteiger partial charge in [0, 0.05) is 13.1 Å². The summed E-state index contributed by atoms with van der Waals surface area (Å²) in [5, 5.41) is 0.580. The molecule has 0 heterocycles. The van der Waals surface area contributed by atoms with E-state index in [0.717, 1.165) is 13.1 Å². The van der Waals surface area contributed by atoms with Gasteiger partial charge in [-0.3, -0.25) is 0 Å². The maximum Gasteiger partial charge on any atom is 0.259 e. The Kier molecular flexibility index (Phi) is 6.59. The van der Waals surface area contributed by atoms with Gasteiger partial charge < -0.3 is 9.64 Å². The number of ether oxygens (including phenoxy) is 1. The molecule has 0 aromatic carbocycles. The Hall–Kier alpha value is -0.570. The fourth-order valence-corrected chi connectivity index (χ4v) is 1.30. The summed E-state index contributed by atoms with van der Waals surface area (Å²) in [5.41, 5.74) is 0. The van der Waals surface area contributed by atoms with Gasteiger partial charge in [0.1, 0.15) is 0 Å². The molecule has 0 aliphatic carbocycles. The van der Waals surface area contributed by atoms with Crippen LogP contribution in [0.4, 0.5) is 0 Å². The summed E-state index contributed by atoms with van der Waals surface area (Å²) in [7, 11) is 0. The lowest BCUT2D eigenvalue weighted by Crippen LogP contribution is -2.34. The second-order valence-corrected chi connectivity index (χ2v) is 3.64. The normalized spacial score (nSPS) is 9.85. The molecule has 2 nitrogen and oxygen atoms in total. The Labute approximate surface area is 86.6 Å². The Balaban J connectivity index is 4.05. The van der Waals surface area contributed by atoms with Crippen molar-refractivity contribution in [2.75, 3.05) is 19.7 Å². The van der Waals surface area contributed by atoms with Crippen LogP contribution in [0.3, 0.4) is 0 Å². The maximum atomic E-state index is 5.27. The highest BCUT2D eigenvalue weighted by Crippen LogP contribution is 2.01. The smallest absolute Gasteiger partial charge is 0.259 e. The molecule has 13 heavy (non-hydrogen) atoms. The Bertz CT molecular complexity index is 168. The molecule has 0 aliphatic heterocycles. The first-order valence-electron chi connectivity index (χ1n) is 4.64. The van der Waals surface area contributed by atoms with Crippen LogP contribution in [0.15, 0.2) is 12.7 Å². The van der Waals surface area contributed by atoms with E-state index in [0.29, 0.717) is 17.7 Å². The minimum atomic E-state index is 0.580. The van der Waals surface area contributed by atoms with E-state index in [1.807, 2.05) is 17.9 Å². The second kappa shape index (κ2) is 6.89. The van der Waals surface area contributed by atoms with Gasteiger partial charge in [-0.05, 0) is 25.1 Å². The summed E-state index contributed by atoms with van der Waals surface area (Å²) < 4.78 is 5.27. The SMILES string of the molecule is C=CCN(CC(C)C)C(=S)OCC. The molecular formula is C10H19NOS. The minimum absolute atomic E-state index is 0.580. The van der Waals surface area contributed by atoms with E-state index < -0.39 is 0 Å². The van der Waals surface area contributed by atoms with Gasteiger partial charge in [-0.25, -0.2) is 0 Å². The zero-order valence-electron chi connectivity index (χ0n) is 8.75. The molecule has 0 saturated carbocycles. The van der Waals surface area contributed by atoms with E-state index in [4.69, 9.17) is 17.0 Å². The van der Waals surface area contributed by atoms with E-state index in [1.165, 1.54) is 0 Å². The van der Waals surface area contributed by atoms with Crippen molar-refractivity contribution >= 4 is 17.4 Å². The first kappa shape index (κ1) is 12.4. The zero-order chi connectivity index (χ0) is 10.3. The van der Waals surface area contributed by atoms with Crippen molar-refractivity contribution in [2.24, 2.45) is 5.92 Å². The van der Waals surface area contributed by atoms with Crippen molar-refractivity contribution in [1.29, 1.82) is 0 Å². The Morgan fingerprint density at radius 1 is 1.62 bits per heavy atom. The third kappa shape index (κ3) is 5.64. The van der Waals surface area contributed by atoms with E-state index in [-0.39, 0.29) is 0 Å². The molecule has 0 fully saturated rings. The van der Waals surface area contributed by atoms with E-state index >= 15 is 0 Å². The zero-order valence-corrected chi connectivity index (χ0v) is 9.56. The van der Waals surface area contributed by atoms with Gasteiger partial charge in [-0.2, -0.15) is 0 Å². The maximum absolute atomic E-state index is 5.27. The van der Waals surface area contributed by atoms with Crippen molar-refractivity contribution in [3.63, 3.8) is 0 Å². The van der Waals surface area contributed by atoms with Crippen molar-refractivity contribution < 1.29 is 4.74 Å². The van der Waals surface area contributed by atoms with Gasteiger partial charge >= 0.3 is 0 Å². The predicted molar refractivity (Wildman–Crippen MR) is 60.8 cm³/mol. The van der Waals surface area contributed by atoms with Crippen LogP contribution in [0.2, 0.25) is 0 Å². The summed E-state index contributed by atoms with van der Waals surface area (Å²) in [6.07, 6.45) is 1.84. The molecule has 0 aromatic heterocycles. The first-order valence-corrected chi connectivity index (χ1v) is 5.05. The van der Waals surface area contributed by atoms with Crippen LogP contribution < -0.4 is 0 Å². The van der Waals surface area contributed by atoms with Gasteiger partial charge in [0.2, 0.25) is 0 Å². The number of thiocarbonyl (C=S) groups is 1. The quantitative estimate of drug-likeness (QED) is 0.501. The third-order valence-corrected chi connectivity index (χ3v) is 1.84.